The van der Waals surface area contributed by atoms with Crippen LogP contribution in [0.5, 0.6) is 0 Å². The summed E-state index contributed by atoms with van der Waals surface area (Å²) in [6.07, 6.45) is 0. The summed E-state index contributed by atoms with van der Waals surface area (Å²) in [5, 5.41) is 0. The highest BCUT2D eigenvalue weighted by Crippen LogP contribution is 2.23. The van der Waals surface area contributed by atoms with Crippen molar-refractivity contribution < 1.29 is 23.2 Å². The summed E-state index contributed by atoms with van der Waals surface area (Å²) in [5.74, 6) is -1.83. The van der Waals surface area contributed by atoms with Crippen molar-refractivity contribution in [3.63, 3.8) is 0 Å². The topological polar surface area (TPSA) is 122 Å². The van der Waals surface area contributed by atoms with Crippen LogP contribution in [0.1, 0.15) is 0 Å². The Labute approximate surface area is 68.9 Å². The van der Waals surface area contributed by atoms with Crippen LogP contribution < -0.4 is 11.5 Å². The number of hydrogen-bond acceptors (Lipinski definition) is 7. The van der Waals surface area contributed by atoms with Crippen LogP contribution in [-0.4, -0.2) is 25.0 Å². The molecular weight excluding hydrogens is 187 g/mol. The van der Waals surface area contributed by atoms with Crippen LogP contribution in [-0.2, 0) is 23.2 Å². The molecule has 0 unspecified atom stereocenters. The maximum atomic E-state index is 10.5. The lowest BCUT2D eigenvalue weighted by molar-refractivity contribution is -0.136. The highest BCUT2D eigenvalue weighted by atomic mass is 31.1. The van der Waals surface area contributed by atoms with Gasteiger partial charge in [0.1, 0.15) is 0 Å². The largest absolute Gasteiger partial charge is 0.811 e. The third-order valence-electron chi connectivity index (χ3n) is 0.686. The molecule has 0 aromatic heterocycles. The molecule has 0 aliphatic rings. The molecule has 0 aromatic carbocycles. The lowest BCUT2D eigenvalue weighted by Gasteiger charge is -1.86. The fourth-order valence-corrected chi connectivity index (χ4v) is 0.778. The molecule has 0 heterocycles. The quantitative estimate of drug-likeness (QED) is 0.531. The van der Waals surface area contributed by atoms with Gasteiger partial charge in [-0.2, -0.15) is 9.05 Å². The van der Waals surface area contributed by atoms with Gasteiger partial charge in [-0.25, -0.2) is 9.59 Å². The molecular formula is C4H8N2O5P+. The Morgan fingerprint density at radius 2 is 1.42 bits per heavy atom. The van der Waals surface area contributed by atoms with E-state index in [2.05, 4.69) is 9.05 Å². The molecule has 0 aliphatic heterocycles. The van der Waals surface area contributed by atoms with E-state index in [0.717, 1.165) is 0 Å². The van der Waals surface area contributed by atoms with Crippen LogP contribution >= 0.6 is 8.25 Å². The van der Waals surface area contributed by atoms with Crippen LogP contribution in [0.4, 0.5) is 0 Å². The van der Waals surface area contributed by atoms with E-state index in [-0.39, 0.29) is 0 Å². The Bertz CT molecular complexity index is 186. The molecule has 7 nitrogen and oxygen atoms in total. The molecule has 0 atom stereocenters. The van der Waals surface area contributed by atoms with Gasteiger partial charge >= 0.3 is 20.2 Å². The first-order valence-electron chi connectivity index (χ1n) is 2.89. The SMILES string of the molecule is NCC(=O)O[P+](=O)OC(=O)CN. The number of carbonyl (C=O) groups is 2. The summed E-state index contributed by atoms with van der Waals surface area (Å²) in [4.78, 5) is 20.7. The number of rotatable bonds is 4. The van der Waals surface area contributed by atoms with E-state index in [4.69, 9.17) is 11.5 Å². The summed E-state index contributed by atoms with van der Waals surface area (Å²) >= 11 is 0. The number of nitrogens with two attached hydrogens (primary N) is 2. The van der Waals surface area contributed by atoms with Crippen molar-refractivity contribution in [1.82, 2.24) is 0 Å². The molecule has 68 valence electrons. The zero-order valence-electron chi connectivity index (χ0n) is 6.06. The highest BCUT2D eigenvalue weighted by molar-refractivity contribution is 7.34. The summed E-state index contributed by atoms with van der Waals surface area (Å²) in [6.45, 7) is -0.859. The maximum Gasteiger partial charge on any atom is 0.811 e. The van der Waals surface area contributed by atoms with E-state index in [1.54, 1.807) is 0 Å². The van der Waals surface area contributed by atoms with E-state index in [0.29, 0.717) is 0 Å². The maximum absolute atomic E-state index is 10.5. The predicted molar refractivity (Wildman–Crippen MR) is 37.9 cm³/mol. The normalized spacial score (nSPS) is 8.83. The average Bonchev–Trinajstić information content (AvgIpc) is 2.03. The third-order valence-corrected chi connectivity index (χ3v) is 1.39. The van der Waals surface area contributed by atoms with E-state index in [1.165, 1.54) is 0 Å². The molecule has 0 aliphatic carbocycles. The Hall–Kier alpha value is -1.04. The molecule has 12 heavy (non-hydrogen) atoms. The van der Waals surface area contributed by atoms with Gasteiger partial charge in [-0.1, -0.05) is 0 Å². The van der Waals surface area contributed by atoms with Crippen molar-refractivity contribution in [2.45, 2.75) is 0 Å². The number of carbonyl (C=O) groups excluding carboxylic acids is 2. The molecule has 8 heteroatoms. The van der Waals surface area contributed by atoms with Crippen molar-refractivity contribution in [3.05, 3.63) is 0 Å². The lowest BCUT2D eigenvalue weighted by Crippen LogP contribution is -2.17. The minimum Gasteiger partial charge on any atom is -0.321 e. The predicted octanol–water partition coefficient (Wildman–Crippen LogP) is -1.35. The Morgan fingerprint density at radius 1 is 1.08 bits per heavy atom. The first kappa shape index (κ1) is 11.0. The first-order valence-corrected chi connectivity index (χ1v) is 3.98. The van der Waals surface area contributed by atoms with Gasteiger partial charge < -0.3 is 11.5 Å². The second kappa shape index (κ2) is 5.59. The van der Waals surface area contributed by atoms with E-state index >= 15 is 0 Å². The summed E-state index contributed by atoms with van der Waals surface area (Å²) in [5.41, 5.74) is 9.63. The Balaban J connectivity index is 3.74. The van der Waals surface area contributed by atoms with Gasteiger partial charge in [0, 0.05) is 4.57 Å². The van der Waals surface area contributed by atoms with Crippen molar-refractivity contribution in [1.29, 1.82) is 0 Å². The number of hydrogen-bond donors (Lipinski definition) is 2. The van der Waals surface area contributed by atoms with E-state index in [1.807, 2.05) is 0 Å². The van der Waals surface area contributed by atoms with Gasteiger partial charge in [-0.05, 0) is 0 Å². The molecule has 0 fully saturated rings. The van der Waals surface area contributed by atoms with Crippen LogP contribution in [0.15, 0.2) is 0 Å². The average molecular weight is 195 g/mol. The summed E-state index contributed by atoms with van der Waals surface area (Å²) < 4.78 is 18.6. The third kappa shape index (κ3) is 4.73. The first-order chi connectivity index (χ1) is 5.60. The van der Waals surface area contributed by atoms with Gasteiger partial charge in [0.25, 0.3) is 0 Å². The second-order valence-electron chi connectivity index (χ2n) is 1.56. The van der Waals surface area contributed by atoms with Crippen molar-refractivity contribution >= 4 is 20.2 Å². The lowest BCUT2D eigenvalue weighted by atomic mass is 10.7. The van der Waals surface area contributed by atoms with Crippen LogP contribution in [0, 0.1) is 0 Å². The fourth-order valence-electron chi connectivity index (χ4n) is 0.259. The summed E-state index contributed by atoms with van der Waals surface area (Å²) in [7, 11) is -2.78. The Morgan fingerprint density at radius 3 is 1.67 bits per heavy atom. The van der Waals surface area contributed by atoms with Crippen LogP contribution in [0.25, 0.3) is 0 Å². The molecule has 0 saturated carbocycles. The van der Waals surface area contributed by atoms with Crippen molar-refractivity contribution in [2.75, 3.05) is 13.1 Å². The van der Waals surface area contributed by atoms with Gasteiger partial charge in [-0.15, -0.1) is 0 Å². The second-order valence-corrected chi connectivity index (χ2v) is 2.37. The molecule has 0 radical (unpaired) electrons. The zero-order chi connectivity index (χ0) is 9.56. The Kier molecular flexibility index (Phi) is 5.11. The smallest absolute Gasteiger partial charge is 0.321 e. The van der Waals surface area contributed by atoms with Crippen molar-refractivity contribution in [3.8, 4) is 0 Å². The van der Waals surface area contributed by atoms with Crippen LogP contribution in [0.3, 0.4) is 0 Å². The van der Waals surface area contributed by atoms with Crippen LogP contribution in [0.2, 0.25) is 0 Å². The molecule has 0 rings (SSSR count). The minimum atomic E-state index is -2.78. The van der Waals surface area contributed by atoms with Gasteiger partial charge in [0.05, 0.1) is 13.1 Å². The summed E-state index contributed by atoms with van der Waals surface area (Å²) in [6, 6.07) is 0. The zero-order valence-corrected chi connectivity index (χ0v) is 6.95. The molecule has 0 spiro atoms. The molecule has 0 bridgehead atoms. The molecule has 0 aromatic rings. The van der Waals surface area contributed by atoms with Gasteiger partial charge in [0.2, 0.25) is 0 Å². The molecule has 0 saturated heterocycles. The fraction of sp³-hybridized carbons (Fsp3) is 0.500. The van der Waals surface area contributed by atoms with E-state index in [9.17, 15) is 14.2 Å². The molecule has 0 amide bonds. The van der Waals surface area contributed by atoms with Crippen molar-refractivity contribution in [2.24, 2.45) is 11.5 Å². The van der Waals surface area contributed by atoms with Gasteiger partial charge in [-0.3, -0.25) is 0 Å². The standard InChI is InChI=1S/C4H8N2O5P/c5-1-3(7)10-12(9)11-4(8)2-6/h1-2,5-6H2/q+1. The molecule has 4 N–H and O–H groups in total. The monoisotopic (exact) mass is 195 g/mol. The van der Waals surface area contributed by atoms with Gasteiger partial charge in [0.15, 0.2) is 0 Å². The van der Waals surface area contributed by atoms with E-state index < -0.39 is 33.3 Å². The highest BCUT2D eigenvalue weighted by Gasteiger charge is 2.29. The minimum absolute atomic E-state index is 0.429.